The van der Waals surface area contributed by atoms with E-state index < -0.39 is 57.6 Å². The van der Waals surface area contributed by atoms with Gasteiger partial charge in [0.2, 0.25) is 0 Å². The van der Waals surface area contributed by atoms with Crippen molar-refractivity contribution in [2.75, 3.05) is 19.0 Å². The molecule has 16 heteroatoms. The zero-order valence-electron chi connectivity index (χ0n) is 40.2. The summed E-state index contributed by atoms with van der Waals surface area (Å²) in [4.78, 5) is 48.6. The number of ketones is 2. The van der Waals surface area contributed by atoms with Gasteiger partial charge in [0.25, 0.3) is 0 Å². The Kier molecular flexibility index (Phi) is 15.8. The summed E-state index contributed by atoms with van der Waals surface area (Å²) in [6.07, 6.45) is 2.16. The predicted octanol–water partition coefficient (Wildman–Crippen LogP) is 10.1. The fraction of sp³-hybridized carbons (Fsp3) is 0.393. The molecule has 1 unspecified atom stereocenters. The summed E-state index contributed by atoms with van der Waals surface area (Å²) < 4.78 is 65.5. The molecule has 9 rings (SSSR count). The molecular weight excluding hydrogens is 958 g/mol. The fourth-order valence-electron chi connectivity index (χ4n) is 11.6. The number of benzene rings is 4. The van der Waals surface area contributed by atoms with Crippen LogP contribution in [0.2, 0.25) is 0 Å². The molecular formula is C56H58ClF4NO10. The van der Waals surface area contributed by atoms with Crippen LogP contribution >= 0.6 is 11.6 Å². The van der Waals surface area contributed by atoms with E-state index in [1.165, 1.54) is 54.8 Å². The van der Waals surface area contributed by atoms with Gasteiger partial charge in [0.15, 0.2) is 22.7 Å². The Morgan fingerprint density at radius 2 is 1.64 bits per heavy atom. The Labute approximate surface area is 419 Å². The smallest absolute Gasteiger partial charge is 0.416 e. The first-order valence-electron chi connectivity index (χ1n) is 23.8. The number of Topliss-reactive ketones (excluding diaryl/α,β-unsaturated/α-hetero) is 1. The number of rotatable bonds is 10. The number of aliphatic hydroxyl groups excluding tert-OH is 1. The van der Waals surface area contributed by atoms with Crippen LogP contribution in [-0.2, 0) is 26.9 Å². The van der Waals surface area contributed by atoms with Gasteiger partial charge in [-0.1, -0.05) is 74.0 Å². The van der Waals surface area contributed by atoms with E-state index in [9.17, 15) is 52.8 Å². The number of allylic oxidation sites excluding steroid dienone is 4. The summed E-state index contributed by atoms with van der Waals surface area (Å²) in [5, 5.41) is 44.7. The molecule has 0 radical (unpaired) electrons. The first-order chi connectivity index (χ1) is 34.0. The van der Waals surface area contributed by atoms with Crippen LogP contribution in [0, 0.1) is 28.6 Å². The van der Waals surface area contributed by atoms with E-state index in [1.54, 1.807) is 55.5 Å². The van der Waals surface area contributed by atoms with Crippen LogP contribution < -0.4 is 10.7 Å². The third-order valence-corrected chi connectivity index (χ3v) is 15.6. The Bertz CT molecular complexity index is 2920. The number of aromatic hydroxyl groups is 2. The van der Waals surface area contributed by atoms with E-state index in [4.69, 9.17) is 20.8 Å². The minimum Gasteiger partial charge on any atom is -0.508 e. The zero-order chi connectivity index (χ0) is 52.4. The lowest BCUT2D eigenvalue weighted by Gasteiger charge is -2.62. The topological polar surface area (TPSA) is 184 Å². The summed E-state index contributed by atoms with van der Waals surface area (Å²) in [6, 6.07) is 24.6. The quantitative estimate of drug-likeness (QED) is 0.0388. The van der Waals surface area contributed by atoms with Crippen molar-refractivity contribution in [2.24, 2.45) is 28.6 Å². The van der Waals surface area contributed by atoms with Crippen LogP contribution in [0.5, 0.6) is 11.5 Å². The van der Waals surface area contributed by atoms with Crippen LogP contribution in [-0.4, -0.2) is 80.4 Å². The molecule has 5 aromatic rings. The molecule has 3 saturated carbocycles. The highest BCUT2D eigenvalue weighted by atomic mass is 35.5. The van der Waals surface area contributed by atoms with Gasteiger partial charge in [0.1, 0.15) is 35.6 Å². The molecule has 1 aromatic heterocycles. The molecule has 0 aliphatic heterocycles. The summed E-state index contributed by atoms with van der Waals surface area (Å²) in [5.74, 6) is -2.24. The standard InChI is InChI=1S/C22H28ClFO4.C19H20F3NO2.C15H10O4/c1-12-8-16-15-5-4-13-9-14(25)6-7-19(13,2)21(15,24)17(26)10-20(16,3)22(12,28)18(27)11-23;1-14(12-15-6-5-9-17(13-15)19(20,21)22)23-10-11-25-18(24)16-7-3-2-4-8-16;16-10-3-1-9(2-4-10)13-8-19-14-7-11(17)5-6-12(14)15(13)18/h6-7,9,12,15-17,26,28H,4-5,8,10-11H2,1-3H3;2-9,13-14,23H,10-12H2,1H3;1-8,16-17H/t12-,15-,16-,17-,19-,20-,21-,22-;;/m0../s1. The molecule has 3 fully saturated rings. The molecule has 72 heavy (non-hydrogen) atoms. The Hall–Kier alpha value is -6.13. The molecule has 1 heterocycles. The van der Waals surface area contributed by atoms with Crippen LogP contribution in [0.25, 0.3) is 22.1 Å². The van der Waals surface area contributed by atoms with E-state index in [0.29, 0.717) is 65.5 Å². The normalized spacial score (nSPS) is 27.7. The predicted molar refractivity (Wildman–Crippen MR) is 264 cm³/mol. The van der Waals surface area contributed by atoms with E-state index in [-0.39, 0.29) is 59.5 Å². The van der Waals surface area contributed by atoms with E-state index in [2.05, 4.69) is 5.32 Å². The average molecular weight is 1020 g/mol. The number of esters is 1. The maximum Gasteiger partial charge on any atom is 0.416 e. The summed E-state index contributed by atoms with van der Waals surface area (Å²) >= 11 is 5.81. The van der Waals surface area contributed by atoms with E-state index >= 15 is 4.39 Å². The third kappa shape index (κ3) is 10.3. The second-order valence-corrected chi connectivity index (χ2v) is 20.0. The van der Waals surface area contributed by atoms with Crippen molar-refractivity contribution in [3.05, 3.63) is 154 Å². The van der Waals surface area contributed by atoms with Gasteiger partial charge in [-0.25, -0.2) is 9.18 Å². The lowest BCUT2D eigenvalue weighted by molar-refractivity contribution is -0.218. The van der Waals surface area contributed by atoms with E-state index in [1.807, 2.05) is 26.8 Å². The molecule has 382 valence electrons. The van der Waals surface area contributed by atoms with Gasteiger partial charge in [-0.15, -0.1) is 11.6 Å². The number of aliphatic hydroxyl groups is 2. The van der Waals surface area contributed by atoms with Crippen LogP contribution in [0.4, 0.5) is 17.6 Å². The molecule has 11 nitrogen and oxygen atoms in total. The fourth-order valence-corrected chi connectivity index (χ4v) is 11.8. The highest BCUT2D eigenvalue weighted by Gasteiger charge is 2.75. The minimum atomic E-state index is -4.34. The SMILES string of the molecule is CC(Cc1cccc(C(F)(F)F)c1)NCCOC(=O)c1ccccc1.C[C@H]1C[C@H]2[C@@H]3CCC4=CC(=O)C=C[C@]4(C)[C@@]3(F)[C@@H](O)C[C@]2(C)[C@@]1(O)C(=O)CCl.O=c1c(-c2ccc(O)cc2)coc2cc(O)ccc12. The Morgan fingerprint density at radius 3 is 2.32 bits per heavy atom. The number of fused-ring (bicyclic) bond motifs is 6. The number of alkyl halides is 5. The zero-order valence-corrected chi connectivity index (χ0v) is 41.0. The second-order valence-electron chi connectivity index (χ2n) is 19.7. The number of hydrogen-bond donors (Lipinski definition) is 5. The molecule has 4 aliphatic rings. The highest BCUT2D eigenvalue weighted by molar-refractivity contribution is 6.29. The number of nitrogens with one attached hydrogen (secondary N) is 1. The Balaban J connectivity index is 0.000000161. The number of ether oxygens (including phenoxy) is 1. The number of hydrogen-bond acceptors (Lipinski definition) is 11. The van der Waals surface area contributed by atoms with Crippen molar-refractivity contribution in [3.8, 4) is 22.6 Å². The van der Waals surface area contributed by atoms with Gasteiger partial charge < -0.3 is 34.9 Å². The van der Waals surface area contributed by atoms with Crippen molar-refractivity contribution >= 4 is 40.1 Å². The molecule has 0 spiro atoms. The van der Waals surface area contributed by atoms with Crippen molar-refractivity contribution in [1.82, 2.24) is 5.32 Å². The monoisotopic (exact) mass is 1020 g/mol. The van der Waals surface area contributed by atoms with Crippen LogP contribution in [0.1, 0.15) is 74.9 Å². The van der Waals surface area contributed by atoms with Gasteiger partial charge in [-0.2, -0.15) is 13.2 Å². The van der Waals surface area contributed by atoms with Gasteiger partial charge in [0.05, 0.1) is 34.1 Å². The summed E-state index contributed by atoms with van der Waals surface area (Å²) in [5.41, 5.74) is -3.21. The van der Waals surface area contributed by atoms with Gasteiger partial charge >= 0.3 is 12.1 Å². The van der Waals surface area contributed by atoms with Crippen molar-refractivity contribution in [2.45, 2.75) is 89.4 Å². The van der Waals surface area contributed by atoms with Crippen molar-refractivity contribution < 1.29 is 61.5 Å². The maximum atomic E-state index is 16.9. The number of carbonyl (C=O) groups is 3. The molecule has 4 aliphatic carbocycles. The molecule has 0 saturated heterocycles. The first-order valence-corrected chi connectivity index (χ1v) is 24.3. The molecule has 0 bridgehead atoms. The van der Waals surface area contributed by atoms with Crippen LogP contribution in [0.3, 0.4) is 0 Å². The van der Waals surface area contributed by atoms with Gasteiger partial charge in [-0.05, 0) is 124 Å². The maximum absolute atomic E-state index is 16.9. The minimum absolute atomic E-state index is 0.0151. The number of phenols is 2. The van der Waals surface area contributed by atoms with Gasteiger partial charge in [0, 0.05) is 35.4 Å². The van der Waals surface area contributed by atoms with E-state index in [0.717, 1.165) is 17.7 Å². The molecule has 9 atom stereocenters. The second kappa shape index (κ2) is 21.1. The Morgan fingerprint density at radius 1 is 0.944 bits per heavy atom. The van der Waals surface area contributed by atoms with Crippen molar-refractivity contribution in [3.63, 3.8) is 0 Å². The first kappa shape index (κ1) is 53.7. The number of carbonyl (C=O) groups excluding carboxylic acids is 3. The lowest BCUT2D eigenvalue weighted by Crippen LogP contribution is -2.69. The van der Waals surface area contributed by atoms with Crippen molar-refractivity contribution in [1.29, 1.82) is 0 Å². The lowest BCUT2D eigenvalue weighted by atomic mass is 9.44. The number of halogens is 5. The van der Waals surface area contributed by atoms with Crippen LogP contribution in [0.15, 0.2) is 136 Å². The summed E-state index contributed by atoms with van der Waals surface area (Å²) in [7, 11) is 0. The molecule has 0 amide bonds. The largest absolute Gasteiger partial charge is 0.508 e. The third-order valence-electron chi connectivity index (χ3n) is 15.3. The number of phenolic OH excluding ortho intramolecular Hbond substituents is 2. The molecule has 5 N–H and O–H groups in total. The average Bonchev–Trinajstić information content (AvgIpc) is 3.55. The summed E-state index contributed by atoms with van der Waals surface area (Å²) in [6.45, 7) is 7.88. The molecule has 4 aromatic carbocycles. The highest BCUT2D eigenvalue weighted by Crippen LogP contribution is 2.70. The van der Waals surface area contributed by atoms with Gasteiger partial charge in [-0.3, -0.25) is 14.4 Å².